The summed E-state index contributed by atoms with van der Waals surface area (Å²) in [4.78, 5) is 12.4. The smallest absolute Gasteiger partial charge is 0.244 e. The molecule has 1 heterocycles. The van der Waals surface area contributed by atoms with Crippen LogP contribution in [0.5, 0.6) is 11.5 Å². The normalized spacial score (nSPS) is 11.7. The highest BCUT2D eigenvalue weighted by atomic mass is 16.5. The minimum atomic E-state index is -0.0942. The van der Waals surface area contributed by atoms with Crippen LogP contribution in [0.1, 0.15) is 39.7 Å². The molecule has 0 saturated heterocycles. The number of hydrogen-bond donors (Lipinski definition) is 1. The lowest BCUT2D eigenvalue weighted by Crippen LogP contribution is -2.23. The first-order valence-corrected chi connectivity index (χ1v) is 10.7. The number of amides is 1. The van der Waals surface area contributed by atoms with E-state index in [9.17, 15) is 4.79 Å². The van der Waals surface area contributed by atoms with Gasteiger partial charge in [0.05, 0.1) is 20.0 Å². The molecule has 0 unspecified atom stereocenters. The SMILES string of the molecule is CCOc1cc2occ(-c3ccc(OC)cc3)c2cc1/C(C)=C/C(=O)NCCC(C)C. The summed E-state index contributed by atoms with van der Waals surface area (Å²) in [5.41, 5.74) is 4.48. The highest BCUT2D eigenvalue weighted by molar-refractivity contribution is 6.00. The molecule has 0 aliphatic heterocycles. The van der Waals surface area contributed by atoms with Gasteiger partial charge in [0.15, 0.2) is 0 Å². The molecular weight excluding hydrogens is 390 g/mol. The van der Waals surface area contributed by atoms with E-state index in [2.05, 4.69) is 19.2 Å². The van der Waals surface area contributed by atoms with Gasteiger partial charge in [-0.1, -0.05) is 26.0 Å². The van der Waals surface area contributed by atoms with Gasteiger partial charge in [-0.2, -0.15) is 0 Å². The minimum absolute atomic E-state index is 0.0942. The summed E-state index contributed by atoms with van der Waals surface area (Å²) in [6.45, 7) is 9.35. The first kappa shape index (κ1) is 22.5. The van der Waals surface area contributed by atoms with Crippen LogP contribution in [-0.2, 0) is 4.79 Å². The monoisotopic (exact) mass is 421 g/mol. The zero-order valence-corrected chi connectivity index (χ0v) is 19.0. The van der Waals surface area contributed by atoms with Gasteiger partial charge in [-0.05, 0) is 55.5 Å². The number of allylic oxidation sites excluding steroid dienone is 1. The maximum atomic E-state index is 12.4. The second kappa shape index (κ2) is 10.2. The van der Waals surface area contributed by atoms with Crippen molar-refractivity contribution in [3.8, 4) is 22.6 Å². The Morgan fingerprint density at radius 2 is 1.94 bits per heavy atom. The summed E-state index contributed by atoms with van der Waals surface area (Å²) in [6, 6.07) is 11.8. The van der Waals surface area contributed by atoms with E-state index < -0.39 is 0 Å². The second-order valence-corrected chi connectivity index (χ2v) is 7.96. The number of methoxy groups -OCH3 is 1. The van der Waals surface area contributed by atoms with Crippen LogP contribution in [0, 0.1) is 5.92 Å². The Morgan fingerprint density at radius 3 is 2.58 bits per heavy atom. The van der Waals surface area contributed by atoms with Crippen molar-refractivity contribution in [2.45, 2.75) is 34.1 Å². The molecule has 5 heteroatoms. The number of benzene rings is 2. The number of ether oxygens (including phenoxy) is 2. The molecule has 0 atom stereocenters. The number of fused-ring (bicyclic) bond motifs is 1. The molecule has 0 radical (unpaired) electrons. The Labute approximate surface area is 184 Å². The van der Waals surface area contributed by atoms with Crippen molar-refractivity contribution in [1.82, 2.24) is 5.32 Å². The molecule has 0 bridgehead atoms. The lowest BCUT2D eigenvalue weighted by Gasteiger charge is -2.12. The number of carbonyl (C=O) groups is 1. The first-order valence-electron chi connectivity index (χ1n) is 10.7. The minimum Gasteiger partial charge on any atom is -0.497 e. The molecule has 3 rings (SSSR count). The number of carbonyl (C=O) groups excluding carboxylic acids is 1. The van der Waals surface area contributed by atoms with E-state index in [1.807, 2.05) is 50.2 Å². The third-order valence-electron chi connectivity index (χ3n) is 5.17. The van der Waals surface area contributed by atoms with Gasteiger partial charge in [-0.15, -0.1) is 0 Å². The zero-order valence-electron chi connectivity index (χ0n) is 19.0. The number of nitrogens with one attached hydrogen (secondary N) is 1. The van der Waals surface area contributed by atoms with Crippen LogP contribution in [0.15, 0.2) is 53.2 Å². The highest BCUT2D eigenvalue weighted by Crippen LogP contribution is 2.37. The van der Waals surface area contributed by atoms with Crippen molar-refractivity contribution >= 4 is 22.4 Å². The number of hydrogen-bond acceptors (Lipinski definition) is 4. The van der Waals surface area contributed by atoms with Gasteiger partial charge in [-0.25, -0.2) is 0 Å². The maximum Gasteiger partial charge on any atom is 0.244 e. The van der Waals surface area contributed by atoms with Crippen molar-refractivity contribution in [3.05, 3.63) is 54.3 Å². The third-order valence-corrected chi connectivity index (χ3v) is 5.17. The molecule has 0 spiro atoms. The summed E-state index contributed by atoms with van der Waals surface area (Å²) in [7, 11) is 1.65. The molecule has 0 aliphatic rings. The quantitative estimate of drug-likeness (QED) is 0.426. The largest absolute Gasteiger partial charge is 0.497 e. The highest BCUT2D eigenvalue weighted by Gasteiger charge is 2.15. The van der Waals surface area contributed by atoms with Crippen LogP contribution in [0.4, 0.5) is 0 Å². The van der Waals surface area contributed by atoms with Crippen molar-refractivity contribution < 1.29 is 18.7 Å². The first-order chi connectivity index (χ1) is 14.9. The van der Waals surface area contributed by atoms with Crippen LogP contribution >= 0.6 is 0 Å². The molecular formula is C26H31NO4. The standard InChI is InChI=1S/C26H31NO4/c1-6-30-24-15-25-22(23(16-31-25)19-7-9-20(29-5)10-8-19)14-21(24)18(4)13-26(28)27-12-11-17(2)3/h7-10,13-17H,6,11-12H2,1-5H3,(H,27,28)/b18-13+. The summed E-state index contributed by atoms with van der Waals surface area (Å²) in [5, 5.41) is 3.93. The fourth-order valence-electron chi connectivity index (χ4n) is 3.44. The molecule has 0 aliphatic carbocycles. The van der Waals surface area contributed by atoms with Crippen LogP contribution < -0.4 is 14.8 Å². The van der Waals surface area contributed by atoms with E-state index in [0.29, 0.717) is 24.8 Å². The molecule has 164 valence electrons. The zero-order chi connectivity index (χ0) is 22.4. The van der Waals surface area contributed by atoms with E-state index in [4.69, 9.17) is 13.9 Å². The average molecular weight is 422 g/mol. The predicted molar refractivity (Wildman–Crippen MR) is 125 cm³/mol. The molecule has 5 nitrogen and oxygen atoms in total. The van der Waals surface area contributed by atoms with Crippen molar-refractivity contribution in [3.63, 3.8) is 0 Å². The number of furan rings is 1. The van der Waals surface area contributed by atoms with E-state index in [0.717, 1.165) is 45.4 Å². The summed E-state index contributed by atoms with van der Waals surface area (Å²) < 4.78 is 16.9. The lowest BCUT2D eigenvalue weighted by molar-refractivity contribution is -0.116. The maximum absolute atomic E-state index is 12.4. The van der Waals surface area contributed by atoms with Gasteiger partial charge >= 0.3 is 0 Å². The molecule has 3 aromatic rings. The van der Waals surface area contributed by atoms with Crippen LogP contribution in [0.3, 0.4) is 0 Å². The topological polar surface area (TPSA) is 60.7 Å². The lowest BCUT2D eigenvalue weighted by atomic mass is 9.99. The molecule has 0 saturated carbocycles. The average Bonchev–Trinajstić information content (AvgIpc) is 3.16. The van der Waals surface area contributed by atoms with Gasteiger partial charge in [0.25, 0.3) is 0 Å². The molecule has 2 aromatic carbocycles. The fraction of sp³-hybridized carbons (Fsp3) is 0.346. The van der Waals surface area contributed by atoms with Crippen molar-refractivity contribution in [2.75, 3.05) is 20.3 Å². The summed E-state index contributed by atoms with van der Waals surface area (Å²) >= 11 is 0. The van der Waals surface area contributed by atoms with Gasteiger partial charge in [0.1, 0.15) is 17.1 Å². The van der Waals surface area contributed by atoms with E-state index in [1.165, 1.54) is 0 Å². The Kier molecular flexibility index (Phi) is 7.40. The van der Waals surface area contributed by atoms with Gasteiger partial charge in [0, 0.05) is 35.2 Å². The molecule has 1 N–H and O–H groups in total. The molecule has 1 amide bonds. The molecule has 1 aromatic heterocycles. The van der Waals surface area contributed by atoms with E-state index in [1.54, 1.807) is 19.4 Å². The summed E-state index contributed by atoms with van der Waals surface area (Å²) in [5.74, 6) is 1.96. The molecule has 31 heavy (non-hydrogen) atoms. The van der Waals surface area contributed by atoms with Crippen LogP contribution in [0.25, 0.3) is 27.7 Å². The number of rotatable bonds is 9. The van der Waals surface area contributed by atoms with Gasteiger partial charge in [0.2, 0.25) is 5.91 Å². The summed E-state index contributed by atoms with van der Waals surface area (Å²) in [6.07, 6.45) is 4.34. The third kappa shape index (κ3) is 5.48. The predicted octanol–water partition coefficient (Wildman–Crippen LogP) is 6.07. The fourth-order valence-corrected chi connectivity index (χ4v) is 3.44. The second-order valence-electron chi connectivity index (χ2n) is 7.96. The van der Waals surface area contributed by atoms with E-state index >= 15 is 0 Å². The van der Waals surface area contributed by atoms with Crippen LogP contribution in [-0.4, -0.2) is 26.2 Å². The Balaban J connectivity index is 1.97. The Morgan fingerprint density at radius 1 is 1.19 bits per heavy atom. The van der Waals surface area contributed by atoms with Crippen molar-refractivity contribution in [2.24, 2.45) is 5.92 Å². The van der Waals surface area contributed by atoms with Gasteiger partial charge in [-0.3, -0.25) is 4.79 Å². The molecule has 0 fully saturated rings. The van der Waals surface area contributed by atoms with E-state index in [-0.39, 0.29) is 5.91 Å². The van der Waals surface area contributed by atoms with Crippen molar-refractivity contribution in [1.29, 1.82) is 0 Å². The Bertz CT molecular complexity index is 1060. The Hall–Kier alpha value is -3.21. The van der Waals surface area contributed by atoms with Gasteiger partial charge < -0.3 is 19.2 Å². The van der Waals surface area contributed by atoms with Crippen LogP contribution in [0.2, 0.25) is 0 Å².